The van der Waals surface area contributed by atoms with Crippen LogP contribution in [0, 0.1) is 0 Å². The predicted octanol–water partition coefficient (Wildman–Crippen LogP) is 3.56. The number of hydrogen-bond acceptors (Lipinski definition) is 4. The van der Waals surface area contributed by atoms with Crippen molar-refractivity contribution in [1.29, 1.82) is 0 Å². The number of aromatic nitrogens is 1. The summed E-state index contributed by atoms with van der Waals surface area (Å²) in [4.78, 5) is 18.7. The van der Waals surface area contributed by atoms with E-state index in [9.17, 15) is 4.79 Å². The summed E-state index contributed by atoms with van der Waals surface area (Å²) in [7, 11) is 3.24. The molecule has 6 heteroatoms. The third kappa shape index (κ3) is 3.62. The van der Waals surface area contributed by atoms with Gasteiger partial charge in [-0.2, -0.15) is 0 Å². The summed E-state index contributed by atoms with van der Waals surface area (Å²) in [6.45, 7) is 0.465. The minimum atomic E-state index is -0.0495. The second-order valence-corrected chi connectivity index (χ2v) is 6.10. The minimum absolute atomic E-state index is 0.0495. The lowest BCUT2D eigenvalue weighted by molar-refractivity contribution is 0.0728. The minimum Gasteiger partial charge on any atom is -0.497 e. The average molecular weight is 347 g/mol. The number of ether oxygens (including phenoxy) is 2. The van der Waals surface area contributed by atoms with Gasteiger partial charge in [0.15, 0.2) is 0 Å². The van der Waals surface area contributed by atoms with E-state index < -0.39 is 0 Å². The Kier molecular flexibility index (Phi) is 4.90. The van der Waals surface area contributed by atoms with E-state index in [2.05, 4.69) is 4.98 Å². The molecule has 1 amide bonds. The smallest absolute Gasteiger partial charge is 0.255 e. The summed E-state index contributed by atoms with van der Waals surface area (Å²) in [6.07, 6.45) is 3.54. The zero-order chi connectivity index (χ0) is 17.1. The van der Waals surface area contributed by atoms with E-state index >= 15 is 0 Å². The van der Waals surface area contributed by atoms with Crippen molar-refractivity contribution in [2.75, 3.05) is 14.2 Å². The van der Waals surface area contributed by atoms with E-state index in [0.717, 1.165) is 29.9 Å². The van der Waals surface area contributed by atoms with Gasteiger partial charge in [-0.15, -0.1) is 0 Å². The maximum Gasteiger partial charge on any atom is 0.255 e. The normalized spacial score (nSPS) is 13.5. The maximum atomic E-state index is 12.9. The number of carbonyl (C=O) groups excluding carboxylic acids is 1. The average Bonchev–Trinajstić information content (AvgIpc) is 3.44. The van der Waals surface area contributed by atoms with Crippen molar-refractivity contribution in [3.8, 4) is 11.5 Å². The molecule has 1 aliphatic carbocycles. The van der Waals surface area contributed by atoms with Crippen molar-refractivity contribution in [2.45, 2.75) is 25.4 Å². The Morgan fingerprint density at radius 1 is 1.25 bits per heavy atom. The monoisotopic (exact) mass is 346 g/mol. The molecule has 2 aromatic rings. The molecule has 1 fully saturated rings. The molecule has 3 rings (SSSR count). The second-order valence-electron chi connectivity index (χ2n) is 5.71. The first-order valence-corrected chi connectivity index (χ1v) is 8.13. The summed E-state index contributed by atoms with van der Waals surface area (Å²) >= 11 is 5.81. The van der Waals surface area contributed by atoms with Gasteiger partial charge < -0.3 is 14.4 Å². The molecule has 5 nitrogen and oxygen atoms in total. The molecule has 0 aliphatic heterocycles. The van der Waals surface area contributed by atoms with E-state index in [0.29, 0.717) is 17.3 Å². The van der Waals surface area contributed by atoms with Gasteiger partial charge in [0.2, 0.25) is 0 Å². The molecule has 1 aliphatic rings. The molecule has 24 heavy (non-hydrogen) atoms. The van der Waals surface area contributed by atoms with E-state index in [1.54, 1.807) is 26.4 Å². The van der Waals surface area contributed by atoms with Gasteiger partial charge in [0.05, 0.1) is 26.3 Å². The molecule has 0 radical (unpaired) electrons. The Morgan fingerprint density at radius 2 is 2.04 bits per heavy atom. The van der Waals surface area contributed by atoms with Crippen LogP contribution in [0.15, 0.2) is 36.5 Å². The van der Waals surface area contributed by atoms with Crippen molar-refractivity contribution in [3.63, 3.8) is 0 Å². The molecule has 1 saturated carbocycles. The first kappa shape index (κ1) is 16.6. The van der Waals surface area contributed by atoms with Gasteiger partial charge in [0.25, 0.3) is 5.91 Å². The summed E-state index contributed by atoms with van der Waals surface area (Å²) in [5, 5.41) is 0.374. The first-order valence-electron chi connectivity index (χ1n) is 7.76. The number of benzene rings is 1. The lowest BCUT2D eigenvalue weighted by atomic mass is 10.1. The number of methoxy groups -OCH3 is 2. The molecular weight excluding hydrogens is 328 g/mol. The van der Waals surface area contributed by atoms with Crippen molar-refractivity contribution in [1.82, 2.24) is 9.88 Å². The van der Waals surface area contributed by atoms with E-state index in [1.807, 2.05) is 23.1 Å². The van der Waals surface area contributed by atoms with Gasteiger partial charge in [0, 0.05) is 17.8 Å². The number of rotatable bonds is 6. The van der Waals surface area contributed by atoms with Crippen molar-refractivity contribution >= 4 is 17.5 Å². The Hall–Kier alpha value is -2.27. The number of pyridine rings is 1. The second kappa shape index (κ2) is 7.09. The maximum absolute atomic E-state index is 12.9. The predicted molar refractivity (Wildman–Crippen MR) is 91.7 cm³/mol. The Labute approximate surface area is 146 Å². The standard InChI is InChI=1S/C18H19ClN2O3/c1-23-15-6-7-16(24-2)13(9-15)11-21(14-4-5-14)18(22)12-3-8-17(19)20-10-12/h3,6-10,14H,4-5,11H2,1-2H3. The Balaban J connectivity index is 1.87. The van der Waals surface area contributed by atoms with E-state index in [-0.39, 0.29) is 11.9 Å². The Bertz CT molecular complexity index is 730. The molecule has 1 aromatic carbocycles. The van der Waals surface area contributed by atoms with Gasteiger partial charge in [-0.3, -0.25) is 4.79 Å². The molecular formula is C18H19ClN2O3. The summed E-state index contributed by atoms with van der Waals surface area (Å²) in [5.41, 5.74) is 1.45. The fourth-order valence-corrected chi connectivity index (χ4v) is 2.72. The highest BCUT2D eigenvalue weighted by Crippen LogP contribution is 2.33. The quantitative estimate of drug-likeness (QED) is 0.750. The largest absolute Gasteiger partial charge is 0.497 e. The molecule has 0 spiro atoms. The molecule has 0 atom stereocenters. The van der Waals surface area contributed by atoms with Gasteiger partial charge in [-0.05, 0) is 43.2 Å². The zero-order valence-corrected chi connectivity index (χ0v) is 14.4. The lowest BCUT2D eigenvalue weighted by Gasteiger charge is -2.24. The molecule has 1 aromatic heterocycles. The highest BCUT2D eigenvalue weighted by molar-refractivity contribution is 6.29. The van der Waals surface area contributed by atoms with Crippen LogP contribution in [0.25, 0.3) is 0 Å². The summed E-state index contributed by atoms with van der Waals surface area (Å²) in [5.74, 6) is 1.43. The van der Waals surface area contributed by atoms with Gasteiger partial charge in [0.1, 0.15) is 16.7 Å². The Morgan fingerprint density at radius 3 is 2.62 bits per heavy atom. The van der Waals surface area contributed by atoms with Crippen LogP contribution in [-0.2, 0) is 6.54 Å². The van der Waals surface area contributed by atoms with Gasteiger partial charge in [-0.25, -0.2) is 4.98 Å². The van der Waals surface area contributed by atoms with Crippen LogP contribution in [0.2, 0.25) is 5.15 Å². The molecule has 126 valence electrons. The molecule has 0 N–H and O–H groups in total. The van der Waals surface area contributed by atoms with E-state index in [1.165, 1.54) is 6.20 Å². The van der Waals surface area contributed by atoms with Crippen molar-refractivity contribution in [2.24, 2.45) is 0 Å². The van der Waals surface area contributed by atoms with Crippen LogP contribution >= 0.6 is 11.6 Å². The van der Waals surface area contributed by atoms with Crippen molar-refractivity contribution < 1.29 is 14.3 Å². The third-order valence-corrected chi connectivity index (χ3v) is 4.27. The molecule has 1 heterocycles. The van der Waals surface area contributed by atoms with E-state index in [4.69, 9.17) is 21.1 Å². The third-order valence-electron chi connectivity index (χ3n) is 4.05. The summed E-state index contributed by atoms with van der Waals surface area (Å²) < 4.78 is 10.7. The zero-order valence-electron chi connectivity index (χ0n) is 13.7. The fraction of sp³-hybridized carbons (Fsp3) is 0.333. The number of carbonyl (C=O) groups is 1. The number of amides is 1. The van der Waals surface area contributed by atoms with Crippen LogP contribution in [-0.4, -0.2) is 36.1 Å². The fourth-order valence-electron chi connectivity index (χ4n) is 2.61. The van der Waals surface area contributed by atoms with Crippen LogP contribution in [0.1, 0.15) is 28.8 Å². The number of hydrogen-bond donors (Lipinski definition) is 0. The number of halogens is 1. The van der Waals surface area contributed by atoms with Gasteiger partial charge in [-0.1, -0.05) is 11.6 Å². The molecule has 0 bridgehead atoms. The SMILES string of the molecule is COc1ccc(OC)c(CN(C(=O)c2ccc(Cl)nc2)C2CC2)c1. The highest BCUT2D eigenvalue weighted by Gasteiger charge is 2.33. The lowest BCUT2D eigenvalue weighted by Crippen LogP contribution is -2.32. The summed E-state index contributed by atoms with van der Waals surface area (Å²) in [6, 6.07) is 9.19. The van der Waals surface area contributed by atoms with Crippen LogP contribution < -0.4 is 9.47 Å². The van der Waals surface area contributed by atoms with Crippen LogP contribution in [0.5, 0.6) is 11.5 Å². The number of nitrogens with zero attached hydrogens (tertiary/aromatic N) is 2. The topological polar surface area (TPSA) is 51.7 Å². The first-order chi connectivity index (χ1) is 11.6. The van der Waals surface area contributed by atoms with Crippen molar-refractivity contribution in [3.05, 3.63) is 52.8 Å². The van der Waals surface area contributed by atoms with Crippen LogP contribution in [0.3, 0.4) is 0 Å². The highest BCUT2D eigenvalue weighted by atomic mass is 35.5. The van der Waals surface area contributed by atoms with Crippen LogP contribution in [0.4, 0.5) is 0 Å². The molecule has 0 unspecified atom stereocenters. The molecule has 0 saturated heterocycles. The van der Waals surface area contributed by atoms with Gasteiger partial charge >= 0.3 is 0 Å².